The van der Waals surface area contributed by atoms with Crippen molar-refractivity contribution in [2.24, 2.45) is 5.92 Å². The van der Waals surface area contributed by atoms with E-state index in [1.165, 1.54) is 0 Å². The molecule has 1 saturated carbocycles. The number of aromatic nitrogens is 4. The number of carbonyl (C=O) groups excluding carboxylic acids is 1. The number of ether oxygens (including phenoxy) is 1. The number of amides is 1. The molecule has 4 atom stereocenters. The molecule has 1 aliphatic carbocycles. The van der Waals surface area contributed by atoms with E-state index in [0.29, 0.717) is 24.4 Å². The molecule has 2 aromatic heterocycles. The molecule has 2 heterocycles. The first-order chi connectivity index (χ1) is 15.0. The number of carbonyl (C=O) groups is 1. The fourth-order valence-electron chi connectivity index (χ4n) is 3.95. The van der Waals surface area contributed by atoms with Gasteiger partial charge in [0, 0.05) is 30.4 Å². The van der Waals surface area contributed by atoms with Crippen LogP contribution in [0, 0.1) is 5.92 Å². The summed E-state index contributed by atoms with van der Waals surface area (Å²) in [6.07, 6.45) is 3.77. The number of pyridine rings is 1. The maximum atomic E-state index is 12.5. The lowest BCUT2D eigenvalue weighted by Crippen LogP contribution is -2.43. The molecule has 1 amide bonds. The lowest BCUT2D eigenvalue weighted by atomic mass is 10.1. The van der Waals surface area contributed by atoms with E-state index in [-0.39, 0.29) is 18.2 Å². The average Bonchev–Trinajstić information content (AvgIpc) is 3.35. The van der Waals surface area contributed by atoms with Crippen LogP contribution in [-0.4, -0.2) is 61.5 Å². The van der Waals surface area contributed by atoms with Crippen molar-refractivity contribution in [3.63, 3.8) is 0 Å². The smallest absolute Gasteiger partial charge is 0.224 e. The molecule has 162 valence electrons. The van der Waals surface area contributed by atoms with Crippen LogP contribution in [0.15, 0.2) is 55.0 Å². The summed E-state index contributed by atoms with van der Waals surface area (Å²) in [6.45, 7) is 0.383. The van der Waals surface area contributed by atoms with Crippen molar-refractivity contribution in [3.05, 3.63) is 60.6 Å². The second-order valence-corrected chi connectivity index (χ2v) is 7.75. The number of benzene rings is 1. The Kier molecular flexibility index (Phi) is 6.24. The van der Waals surface area contributed by atoms with Crippen molar-refractivity contribution in [2.45, 2.75) is 37.6 Å². The molecule has 0 saturated heterocycles. The van der Waals surface area contributed by atoms with Crippen LogP contribution in [0.3, 0.4) is 0 Å². The van der Waals surface area contributed by atoms with E-state index in [4.69, 9.17) is 4.74 Å². The molecule has 1 fully saturated rings. The minimum absolute atomic E-state index is 0.165. The topological polar surface area (TPSA) is 122 Å². The molecule has 9 heteroatoms. The average molecular weight is 423 g/mol. The predicted octanol–water partition coefficient (Wildman–Crippen LogP) is 0.818. The Bertz CT molecular complexity index is 1030. The molecule has 9 nitrogen and oxygen atoms in total. The van der Waals surface area contributed by atoms with Gasteiger partial charge in [0.05, 0.1) is 31.9 Å². The molecule has 31 heavy (non-hydrogen) atoms. The number of aliphatic hydroxyl groups excluding tert-OH is 2. The Morgan fingerprint density at radius 3 is 2.90 bits per heavy atom. The molecule has 4 unspecified atom stereocenters. The van der Waals surface area contributed by atoms with Gasteiger partial charge in [0.1, 0.15) is 17.5 Å². The summed E-state index contributed by atoms with van der Waals surface area (Å²) in [5.41, 5.74) is 2.35. The van der Waals surface area contributed by atoms with Gasteiger partial charge in [0.25, 0.3) is 0 Å². The van der Waals surface area contributed by atoms with Crippen LogP contribution in [-0.2, 0) is 17.8 Å². The third-order valence-corrected chi connectivity index (χ3v) is 5.56. The number of hydrogen-bond donors (Lipinski definition) is 3. The lowest BCUT2D eigenvalue weighted by Gasteiger charge is -2.18. The van der Waals surface area contributed by atoms with Crippen LogP contribution in [0.25, 0.3) is 11.3 Å². The number of hydrogen-bond acceptors (Lipinski definition) is 7. The molecular formula is C22H25N5O4. The third-order valence-electron chi connectivity index (χ3n) is 5.56. The third kappa shape index (κ3) is 4.89. The lowest BCUT2D eigenvalue weighted by molar-refractivity contribution is -0.122. The Hall–Kier alpha value is -3.30. The minimum atomic E-state index is -1.04. The highest BCUT2D eigenvalue weighted by molar-refractivity contribution is 5.79. The SMILES string of the molecule is COc1cccc(CC(=O)NC2CC(Cn3cc(-c4cccnc4)nn3)C(O)C2O)c1. The van der Waals surface area contributed by atoms with Crippen molar-refractivity contribution < 1.29 is 19.7 Å². The molecule has 3 aromatic rings. The van der Waals surface area contributed by atoms with E-state index in [2.05, 4.69) is 20.6 Å². The number of nitrogens with zero attached hydrogens (tertiary/aromatic N) is 4. The van der Waals surface area contributed by atoms with Gasteiger partial charge in [0.15, 0.2) is 0 Å². The fraction of sp³-hybridized carbons (Fsp3) is 0.364. The van der Waals surface area contributed by atoms with Gasteiger partial charge in [-0.15, -0.1) is 5.10 Å². The second-order valence-electron chi connectivity index (χ2n) is 7.75. The monoisotopic (exact) mass is 423 g/mol. The minimum Gasteiger partial charge on any atom is -0.497 e. The van der Waals surface area contributed by atoms with Crippen molar-refractivity contribution in [3.8, 4) is 17.0 Å². The molecular weight excluding hydrogens is 398 g/mol. The van der Waals surface area contributed by atoms with Crippen LogP contribution < -0.4 is 10.1 Å². The Labute approximate surface area is 179 Å². The molecule has 1 aliphatic rings. The number of rotatable bonds is 7. The van der Waals surface area contributed by atoms with E-state index in [0.717, 1.165) is 11.1 Å². The van der Waals surface area contributed by atoms with E-state index in [1.54, 1.807) is 36.4 Å². The summed E-state index contributed by atoms with van der Waals surface area (Å²) in [6, 6.07) is 10.5. The first-order valence-corrected chi connectivity index (χ1v) is 10.1. The zero-order valence-electron chi connectivity index (χ0n) is 17.1. The molecule has 3 N–H and O–H groups in total. The summed E-state index contributed by atoms with van der Waals surface area (Å²) in [5.74, 6) is 0.200. The second kappa shape index (κ2) is 9.23. The van der Waals surface area contributed by atoms with Gasteiger partial charge < -0.3 is 20.3 Å². The fourth-order valence-corrected chi connectivity index (χ4v) is 3.95. The standard InChI is InChI=1S/C22H25N5O4/c1-31-17-6-2-4-14(8-17)9-20(28)24-18-10-16(21(29)22(18)30)12-27-13-19(25-26-27)15-5-3-7-23-11-15/h2-8,11,13,16,18,21-22,29-30H,9-10,12H2,1H3,(H,24,28). The number of aliphatic hydroxyl groups is 2. The van der Waals surface area contributed by atoms with Crippen LogP contribution in [0.2, 0.25) is 0 Å². The van der Waals surface area contributed by atoms with Crippen molar-refractivity contribution in [1.82, 2.24) is 25.3 Å². The van der Waals surface area contributed by atoms with Crippen LogP contribution in [0.5, 0.6) is 5.75 Å². The van der Waals surface area contributed by atoms with E-state index in [1.807, 2.05) is 30.3 Å². The van der Waals surface area contributed by atoms with Crippen molar-refractivity contribution in [2.75, 3.05) is 7.11 Å². The van der Waals surface area contributed by atoms with Gasteiger partial charge in [-0.25, -0.2) is 0 Å². The molecule has 0 radical (unpaired) electrons. The van der Waals surface area contributed by atoms with Crippen LogP contribution >= 0.6 is 0 Å². The van der Waals surface area contributed by atoms with Gasteiger partial charge in [0.2, 0.25) is 5.91 Å². The summed E-state index contributed by atoms with van der Waals surface area (Å²) >= 11 is 0. The normalized spacial score (nSPS) is 22.9. The molecule has 0 spiro atoms. The Balaban J connectivity index is 1.35. The molecule has 0 bridgehead atoms. The van der Waals surface area contributed by atoms with Gasteiger partial charge >= 0.3 is 0 Å². The zero-order valence-corrected chi connectivity index (χ0v) is 17.1. The highest BCUT2D eigenvalue weighted by Gasteiger charge is 2.42. The van der Waals surface area contributed by atoms with Crippen molar-refractivity contribution in [1.29, 1.82) is 0 Å². The molecule has 1 aromatic carbocycles. The molecule has 0 aliphatic heterocycles. The van der Waals surface area contributed by atoms with Crippen LogP contribution in [0.1, 0.15) is 12.0 Å². The largest absolute Gasteiger partial charge is 0.497 e. The summed E-state index contributed by atoms with van der Waals surface area (Å²) in [5, 5.41) is 32.1. The van der Waals surface area contributed by atoms with E-state index < -0.39 is 18.2 Å². The Morgan fingerprint density at radius 1 is 1.26 bits per heavy atom. The number of methoxy groups -OCH3 is 1. The summed E-state index contributed by atoms with van der Waals surface area (Å²) in [4.78, 5) is 16.5. The maximum Gasteiger partial charge on any atom is 0.224 e. The first-order valence-electron chi connectivity index (χ1n) is 10.1. The number of nitrogens with one attached hydrogen (secondary N) is 1. The molecule has 4 rings (SSSR count). The zero-order chi connectivity index (χ0) is 21.8. The van der Waals surface area contributed by atoms with E-state index >= 15 is 0 Å². The van der Waals surface area contributed by atoms with Gasteiger partial charge in [-0.1, -0.05) is 17.3 Å². The first kappa shape index (κ1) is 21.0. The summed E-state index contributed by atoms with van der Waals surface area (Å²) < 4.78 is 6.82. The summed E-state index contributed by atoms with van der Waals surface area (Å²) in [7, 11) is 1.57. The quantitative estimate of drug-likeness (QED) is 0.514. The van der Waals surface area contributed by atoms with Gasteiger partial charge in [-0.05, 0) is 36.2 Å². The van der Waals surface area contributed by atoms with E-state index in [9.17, 15) is 15.0 Å². The van der Waals surface area contributed by atoms with Gasteiger partial charge in [-0.3, -0.25) is 14.5 Å². The van der Waals surface area contributed by atoms with Crippen molar-refractivity contribution >= 4 is 5.91 Å². The van der Waals surface area contributed by atoms with Gasteiger partial charge in [-0.2, -0.15) is 0 Å². The highest BCUT2D eigenvalue weighted by Crippen LogP contribution is 2.28. The maximum absolute atomic E-state index is 12.5. The highest BCUT2D eigenvalue weighted by atomic mass is 16.5. The predicted molar refractivity (Wildman–Crippen MR) is 112 cm³/mol. The Morgan fingerprint density at radius 2 is 2.13 bits per heavy atom. The van der Waals surface area contributed by atoms with Crippen LogP contribution in [0.4, 0.5) is 0 Å².